The average molecular weight is 267 g/mol. The Balaban J connectivity index is 2.21. The average Bonchev–Trinajstić information content (AvgIpc) is 2.85. The van der Waals surface area contributed by atoms with Gasteiger partial charge < -0.3 is 0 Å². The van der Waals surface area contributed by atoms with Crippen LogP contribution in [0.3, 0.4) is 0 Å². The number of hydrogen-bond donors (Lipinski definition) is 0. The fourth-order valence-corrected chi connectivity index (χ4v) is 2.73. The summed E-state index contributed by atoms with van der Waals surface area (Å²) in [7, 11) is 1.82. The monoisotopic (exact) mass is 267 g/mol. The van der Waals surface area contributed by atoms with Gasteiger partial charge in [-0.2, -0.15) is 10.4 Å². The van der Waals surface area contributed by atoms with Gasteiger partial charge in [-0.15, -0.1) is 0 Å². The Morgan fingerprint density at radius 2 is 2.11 bits per heavy atom. The molecule has 0 atom stereocenters. The van der Waals surface area contributed by atoms with Crippen LogP contribution in [0.5, 0.6) is 0 Å². The van der Waals surface area contributed by atoms with E-state index in [0.29, 0.717) is 5.56 Å². The molecule has 19 heavy (non-hydrogen) atoms. The molecule has 0 saturated carbocycles. The van der Waals surface area contributed by atoms with E-state index in [1.807, 2.05) is 31.3 Å². The summed E-state index contributed by atoms with van der Waals surface area (Å²) in [6.07, 6.45) is 3.10. The Morgan fingerprint density at radius 3 is 2.84 bits per heavy atom. The molecule has 2 heterocycles. The predicted molar refractivity (Wildman–Crippen MR) is 71.6 cm³/mol. The number of rotatable bonds is 2. The van der Waals surface area contributed by atoms with Gasteiger partial charge in [0.1, 0.15) is 12.4 Å². The summed E-state index contributed by atoms with van der Waals surface area (Å²) in [6.45, 7) is 0. The zero-order chi connectivity index (χ0) is 13.2. The van der Waals surface area contributed by atoms with Crippen LogP contribution < -0.4 is 0 Å². The van der Waals surface area contributed by atoms with Crippen LogP contribution in [0.2, 0.25) is 0 Å². The molecule has 0 aliphatic carbocycles. The number of hydrogen-bond acceptors (Lipinski definition) is 5. The van der Waals surface area contributed by atoms with Crippen LogP contribution in [0.25, 0.3) is 10.9 Å². The summed E-state index contributed by atoms with van der Waals surface area (Å²) in [4.78, 5) is 9.33. The minimum absolute atomic E-state index is 0.548. The molecule has 0 saturated heterocycles. The van der Waals surface area contributed by atoms with Gasteiger partial charge in [-0.05, 0) is 17.8 Å². The smallest absolute Gasteiger partial charge is 0.190 e. The summed E-state index contributed by atoms with van der Waals surface area (Å²) in [5, 5.41) is 15.0. The third-order valence-corrected chi connectivity index (χ3v) is 3.91. The maximum absolute atomic E-state index is 9.23. The predicted octanol–water partition coefficient (Wildman–Crippen LogP) is 2.39. The lowest BCUT2D eigenvalue weighted by Crippen LogP contribution is -1.94. The van der Waals surface area contributed by atoms with Gasteiger partial charge in [0, 0.05) is 23.5 Å². The molecule has 1 aromatic carbocycles. The first-order chi connectivity index (χ1) is 9.29. The second kappa shape index (κ2) is 4.71. The highest BCUT2D eigenvalue weighted by molar-refractivity contribution is 7.99. The first-order valence-corrected chi connectivity index (χ1v) is 6.41. The van der Waals surface area contributed by atoms with Crippen molar-refractivity contribution in [2.24, 2.45) is 7.05 Å². The number of benzene rings is 1. The molecule has 2 aromatic heterocycles. The Bertz CT molecular complexity index is 787. The van der Waals surface area contributed by atoms with Gasteiger partial charge in [-0.1, -0.05) is 18.2 Å². The molecule has 3 aromatic rings. The number of pyridine rings is 1. The highest BCUT2D eigenvalue weighted by Crippen LogP contribution is 2.33. The minimum Gasteiger partial charge on any atom is -0.255 e. The first kappa shape index (κ1) is 11.7. The quantitative estimate of drug-likeness (QED) is 0.713. The van der Waals surface area contributed by atoms with E-state index in [1.165, 1.54) is 18.1 Å². The van der Waals surface area contributed by atoms with Crippen molar-refractivity contribution in [3.05, 3.63) is 42.4 Å². The number of nitrogens with zero attached hydrogens (tertiary/aromatic N) is 5. The SMILES string of the molecule is Cn1ncnc1Sc1c(C#N)cnc2ccccc12. The van der Waals surface area contributed by atoms with Gasteiger partial charge in [0.25, 0.3) is 0 Å². The van der Waals surface area contributed by atoms with E-state index in [1.54, 1.807) is 10.9 Å². The van der Waals surface area contributed by atoms with E-state index in [2.05, 4.69) is 21.1 Å². The number of aryl methyl sites for hydroxylation is 1. The fourth-order valence-electron chi connectivity index (χ4n) is 1.77. The second-order valence-corrected chi connectivity index (χ2v) is 4.88. The first-order valence-electron chi connectivity index (χ1n) is 5.59. The van der Waals surface area contributed by atoms with Crippen molar-refractivity contribution in [2.75, 3.05) is 0 Å². The molecular weight excluding hydrogens is 258 g/mol. The molecule has 0 amide bonds. The Kier molecular flexibility index (Phi) is 2.89. The lowest BCUT2D eigenvalue weighted by atomic mass is 10.2. The van der Waals surface area contributed by atoms with Crippen molar-refractivity contribution in [3.8, 4) is 6.07 Å². The van der Waals surface area contributed by atoms with Crippen LogP contribution in [-0.4, -0.2) is 19.7 Å². The van der Waals surface area contributed by atoms with Gasteiger partial charge in [0.2, 0.25) is 0 Å². The van der Waals surface area contributed by atoms with E-state index >= 15 is 0 Å². The third kappa shape index (κ3) is 2.04. The Labute approximate surface area is 113 Å². The van der Waals surface area contributed by atoms with Crippen LogP contribution in [0, 0.1) is 11.3 Å². The van der Waals surface area contributed by atoms with E-state index in [4.69, 9.17) is 0 Å². The lowest BCUT2D eigenvalue weighted by Gasteiger charge is -2.06. The zero-order valence-corrected chi connectivity index (χ0v) is 10.9. The molecule has 0 unspecified atom stereocenters. The largest absolute Gasteiger partial charge is 0.255 e. The fraction of sp³-hybridized carbons (Fsp3) is 0.0769. The van der Waals surface area contributed by atoms with Crippen molar-refractivity contribution in [2.45, 2.75) is 10.1 Å². The summed E-state index contributed by atoms with van der Waals surface area (Å²) < 4.78 is 1.68. The summed E-state index contributed by atoms with van der Waals surface area (Å²) >= 11 is 1.43. The van der Waals surface area contributed by atoms with E-state index in [0.717, 1.165) is 21.0 Å². The third-order valence-electron chi connectivity index (χ3n) is 2.71. The summed E-state index contributed by atoms with van der Waals surface area (Å²) in [5.74, 6) is 0. The lowest BCUT2D eigenvalue weighted by molar-refractivity contribution is 0.685. The molecule has 3 rings (SSSR count). The molecule has 0 radical (unpaired) electrons. The van der Waals surface area contributed by atoms with E-state index in [9.17, 15) is 5.26 Å². The van der Waals surface area contributed by atoms with Crippen molar-refractivity contribution in [3.63, 3.8) is 0 Å². The molecule has 0 N–H and O–H groups in total. The molecule has 0 bridgehead atoms. The van der Waals surface area contributed by atoms with Gasteiger partial charge >= 0.3 is 0 Å². The molecule has 6 heteroatoms. The van der Waals surface area contributed by atoms with Crippen molar-refractivity contribution < 1.29 is 0 Å². The molecule has 5 nitrogen and oxygen atoms in total. The van der Waals surface area contributed by atoms with Gasteiger partial charge in [-0.3, -0.25) is 4.98 Å². The zero-order valence-electron chi connectivity index (χ0n) is 10.1. The van der Waals surface area contributed by atoms with Crippen LogP contribution in [0.4, 0.5) is 0 Å². The summed E-state index contributed by atoms with van der Waals surface area (Å²) in [6, 6.07) is 9.93. The van der Waals surface area contributed by atoms with Crippen LogP contribution in [0.15, 0.2) is 46.8 Å². The van der Waals surface area contributed by atoms with Gasteiger partial charge in [0.15, 0.2) is 5.16 Å². The van der Waals surface area contributed by atoms with Crippen LogP contribution in [-0.2, 0) is 7.05 Å². The minimum atomic E-state index is 0.548. The molecule has 0 aliphatic rings. The van der Waals surface area contributed by atoms with E-state index in [-0.39, 0.29) is 0 Å². The second-order valence-electron chi connectivity index (χ2n) is 3.90. The topological polar surface area (TPSA) is 67.4 Å². The van der Waals surface area contributed by atoms with Gasteiger partial charge in [-0.25, -0.2) is 9.67 Å². The highest BCUT2D eigenvalue weighted by atomic mass is 32.2. The van der Waals surface area contributed by atoms with Gasteiger partial charge in [0.05, 0.1) is 11.1 Å². The highest BCUT2D eigenvalue weighted by Gasteiger charge is 2.12. The maximum atomic E-state index is 9.23. The van der Waals surface area contributed by atoms with Crippen molar-refractivity contribution >= 4 is 22.7 Å². The maximum Gasteiger partial charge on any atom is 0.190 e. The number of nitriles is 1. The molecule has 0 spiro atoms. The molecule has 0 aliphatic heterocycles. The Morgan fingerprint density at radius 1 is 1.26 bits per heavy atom. The van der Waals surface area contributed by atoms with Crippen LogP contribution >= 0.6 is 11.8 Å². The number of fused-ring (bicyclic) bond motifs is 1. The van der Waals surface area contributed by atoms with Crippen molar-refractivity contribution in [1.82, 2.24) is 19.7 Å². The molecular formula is C13H9N5S. The molecule has 92 valence electrons. The normalized spacial score (nSPS) is 10.5. The van der Waals surface area contributed by atoms with E-state index < -0.39 is 0 Å². The standard InChI is InChI=1S/C13H9N5S/c1-18-13(16-8-17-18)19-12-9(6-14)7-15-11-5-3-2-4-10(11)12/h2-5,7-8H,1H3. The van der Waals surface area contributed by atoms with Crippen LogP contribution in [0.1, 0.15) is 5.56 Å². The van der Waals surface area contributed by atoms with Crippen molar-refractivity contribution in [1.29, 1.82) is 5.26 Å². The number of aromatic nitrogens is 4. The molecule has 0 fully saturated rings. The summed E-state index contributed by atoms with van der Waals surface area (Å²) in [5.41, 5.74) is 1.41. The number of para-hydroxylation sites is 1. The Hall–Kier alpha value is -2.39.